The van der Waals surface area contributed by atoms with Crippen LogP contribution in [0.15, 0.2) is 29.1 Å². The quantitative estimate of drug-likeness (QED) is 0.769. The summed E-state index contributed by atoms with van der Waals surface area (Å²) in [4.78, 5) is 17.9. The molecule has 1 fully saturated rings. The first kappa shape index (κ1) is 22.4. The summed E-state index contributed by atoms with van der Waals surface area (Å²) in [6, 6.07) is 7.96. The Labute approximate surface area is 189 Å². The van der Waals surface area contributed by atoms with Gasteiger partial charge in [-0.2, -0.15) is 0 Å². The van der Waals surface area contributed by atoms with Crippen molar-refractivity contribution in [2.45, 2.75) is 18.9 Å². The zero-order valence-corrected chi connectivity index (χ0v) is 19.7. The first-order valence-corrected chi connectivity index (χ1v) is 11.1. The Morgan fingerprint density at radius 1 is 0.969 bits per heavy atom. The molecule has 0 saturated carbocycles. The van der Waals surface area contributed by atoms with E-state index in [4.69, 9.17) is 14.2 Å². The molecule has 0 unspecified atom stereocenters. The molecule has 0 bridgehead atoms. The van der Waals surface area contributed by atoms with E-state index < -0.39 is 0 Å². The molecule has 172 valence electrons. The summed E-state index contributed by atoms with van der Waals surface area (Å²) in [6.45, 7) is 3.59. The molecule has 0 spiro atoms. The molecule has 1 heterocycles. The van der Waals surface area contributed by atoms with E-state index in [2.05, 4.69) is 28.2 Å². The Bertz CT molecular complexity index is 1050. The summed E-state index contributed by atoms with van der Waals surface area (Å²) < 4.78 is 17.1. The molecule has 4 rings (SSSR count). The van der Waals surface area contributed by atoms with E-state index in [-0.39, 0.29) is 11.5 Å². The highest BCUT2D eigenvalue weighted by molar-refractivity contribution is 5.83. The van der Waals surface area contributed by atoms with Gasteiger partial charge in [0.1, 0.15) is 0 Å². The van der Waals surface area contributed by atoms with E-state index >= 15 is 0 Å². The van der Waals surface area contributed by atoms with Crippen LogP contribution in [0.2, 0.25) is 0 Å². The number of nitrogens with one attached hydrogen (secondary N) is 1. The van der Waals surface area contributed by atoms with Gasteiger partial charge in [-0.3, -0.25) is 4.79 Å². The molecular weight excluding hydrogens is 406 g/mol. The maximum absolute atomic E-state index is 13.4. The van der Waals surface area contributed by atoms with E-state index in [0.29, 0.717) is 17.2 Å². The Kier molecular flexibility index (Phi) is 6.58. The van der Waals surface area contributed by atoms with Gasteiger partial charge in [-0.1, -0.05) is 6.07 Å². The fourth-order valence-corrected chi connectivity index (χ4v) is 4.91. The number of benzene rings is 1. The minimum atomic E-state index is 0.0546. The molecule has 0 aromatic heterocycles. The van der Waals surface area contributed by atoms with Crippen LogP contribution in [-0.4, -0.2) is 66.5 Å². The van der Waals surface area contributed by atoms with E-state index in [0.717, 1.165) is 67.0 Å². The first-order valence-electron chi connectivity index (χ1n) is 11.1. The molecule has 2 aliphatic rings. The first-order chi connectivity index (χ1) is 15.5. The average molecular weight is 440 g/mol. The predicted octanol–water partition coefficient (Wildman–Crippen LogP) is 2.70. The van der Waals surface area contributed by atoms with Crippen LogP contribution < -0.4 is 29.9 Å². The van der Waals surface area contributed by atoms with Crippen molar-refractivity contribution < 1.29 is 14.2 Å². The van der Waals surface area contributed by atoms with Crippen molar-refractivity contribution in [3.63, 3.8) is 0 Å². The van der Waals surface area contributed by atoms with Crippen molar-refractivity contribution in [2.75, 3.05) is 66.5 Å². The van der Waals surface area contributed by atoms with Crippen LogP contribution >= 0.6 is 0 Å². The summed E-state index contributed by atoms with van der Waals surface area (Å²) in [5, 5.41) is 3.41. The Hall–Kier alpha value is -2.77. The number of hydrogen-bond acceptors (Lipinski definition) is 7. The number of likely N-dealkylation sites (N-methyl/N-ethyl adjacent to an activating group) is 1. The van der Waals surface area contributed by atoms with Gasteiger partial charge < -0.3 is 29.3 Å². The van der Waals surface area contributed by atoms with Crippen LogP contribution in [0.5, 0.6) is 17.2 Å². The Balaban J connectivity index is 1.96. The molecule has 1 saturated heterocycles. The topological polar surface area (TPSA) is 63.3 Å². The molecule has 32 heavy (non-hydrogen) atoms. The summed E-state index contributed by atoms with van der Waals surface area (Å²) in [6.07, 6.45) is 1.69. The maximum atomic E-state index is 13.4. The third kappa shape index (κ3) is 3.91. The monoisotopic (exact) mass is 439 g/mol. The van der Waals surface area contributed by atoms with Gasteiger partial charge >= 0.3 is 0 Å². The second-order valence-corrected chi connectivity index (χ2v) is 8.45. The largest absolute Gasteiger partial charge is 0.493 e. The second-order valence-electron chi connectivity index (χ2n) is 8.45. The lowest BCUT2D eigenvalue weighted by Crippen LogP contribution is -2.45. The molecule has 1 atom stereocenters. The molecule has 2 aromatic rings. The van der Waals surface area contributed by atoms with Crippen molar-refractivity contribution in [1.82, 2.24) is 10.2 Å². The number of ether oxygens (including phenoxy) is 3. The highest BCUT2D eigenvalue weighted by Gasteiger charge is 2.29. The normalized spacial score (nSPS) is 18.4. The minimum absolute atomic E-state index is 0.0546. The number of methoxy groups -OCH3 is 3. The minimum Gasteiger partial charge on any atom is -0.493 e. The number of aryl methyl sites for hydroxylation is 1. The molecule has 1 aliphatic carbocycles. The zero-order valence-electron chi connectivity index (χ0n) is 19.7. The molecule has 0 amide bonds. The van der Waals surface area contributed by atoms with Crippen molar-refractivity contribution in [2.24, 2.45) is 0 Å². The third-order valence-corrected chi connectivity index (χ3v) is 6.71. The van der Waals surface area contributed by atoms with E-state index in [1.54, 1.807) is 21.3 Å². The highest BCUT2D eigenvalue weighted by Crippen LogP contribution is 2.50. The van der Waals surface area contributed by atoms with E-state index in [1.807, 2.05) is 25.2 Å². The molecular formula is C25H33N3O4. The zero-order chi connectivity index (χ0) is 22.8. The van der Waals surface area contributed by atoms with Crippen LogP contribution in [0.3, 0.4) is 0 Å². The van der Waals surface area contributed by atoms with Gasteiger partial charge in [-0.05, 0) is 61.8 Å². The van der Waals surface area contributed by atoms with Crippen molar-refractivity contribution in [3.8, 4) is 28.4 Å². The second kappa shape index (κ2) is 9.38. The summed E-state index contributed by atoms with van der Waals surface area (Å²) in [7, 11) is 8.96. The van der Waals surface area contributed by atoms with Crippen LogP contribution in [0.4, 0.5) is 5.69 Å². The van der Waals surface area contributed by atoms with Gasteiger partial charge in [0.05, 0.1) is 27.0 Å². The highest BCUT2D eigenvalue weighted by atomic mass is 16.5. The average Bonchev–Trinajstić information content (AvgIpc) is 3.06. The lowest BCUT2D eigenvalue weighted by Gasteiger charge is -2.33. The standard InChI is InChI=1S/C25H33N3O4/c1-26-19-8-6-16-14-22(30-3)24(31-4)25(32-5)23(16)17-7-9-20(21(29)15-18(17)19)28-12-10-27(2)11-13-28/h7,9,14-15,19,26H,6,8,10-13H2,1-5H3/t19-/m1/s1. The van der Waals surface area contributed by atoms with Crippen molar-refractivity contribution >= 4 is 5.69 Å². The van der Waals surface area contributed by atoms with Crippen LogP contribution in [0.1, 0.15) is 23.6 Å². The van der Waals surface area contributed by atoms with Crippen molar-refractivity contribution in [1.29, 1.82) is 0 Å². The number of fused-ring (bicyclic) bond motifs is 3. The van der Waals surface area contributed by atoms with Crippen LogP contribution in [0.25, 0.3) is 11.1 Å². The Morgan fingerprint density at radius 3 is 2.31 bits per heavy atom. The van der Waals surface area contributed by atoms with E-state index in [1.165, 1.54) is 0 Å². The number of anilines is 1. The summed E-state index contributed by atoms with van der Waals surface area (Å²) in [5.41, 5.74) is 4.88. The number of piperazine rings is 1. The lowest BCUT2D eigenvalue weighted by molar-refractivity contribution is 0.312. The third-order valence-electron chi connectivity index (χ3n) is 6.71. The molecule has 1 aliphatic heterocycles. The molecule has 7 nitrogen and oxygen atoms in total. The number of hydrogen-bond donors (Lipinski definition) is 1. The number of nitrogens with zero attached hydrogens (tertiary/aromatic N) is 2. The van der Waals surface area contributed by atoms with Crippen LogP contribution in [-0.2, 0) is 6.42 Å². The van der Waals surface area contributed by atoms with Gasteiger partial charge in [0.15, 0.2) is 11.5 Å². The fourth-order valence-electron chi connectivity index (χ4n) is 4.91. The van der Waals surface area contributed by atoms with Gasteiger partial charge in [-0.15, -0.1) is 0 Å². The Morgan fingerprint density at radius 2 is 1.69 bits per heavy atom. The lowest BCUT2D eigenvalue weighted by atomic mass is 9.95. The molecule has 0 radical (unpaired) electrons. The fraction of sp³-hybridized carbons (Fsp3) is 0.480. The summed E-state index contributed by atoms with van der Waals surface area (Å²) in [5.74, 6) is 1.85. The van der Waals surface area contributed by atoms with E-state index in [9.17, 15) is 4.79 Å². The smallest absolute Gasteiger partial charge is 0.203 e. The summed E-state index contributed by atoms with van der Waals surface area (Å²) >= 11 is 0. The van der Waals surface area contributed by atoms with Gasteiger partial charge in [0, 0.05) is 37.8 Å². The van der Waals surface area contributed by atoms with Gasteiger partial charge in [0.2, 0.25) is 11.2 Å². The van der Waals surface area contributed by atoms with Crippen molar-refractivity contribution in [3.05, 3.63) is 45.6 Å². The van der Waals surface area contributed by atoms with Gasteiger partial charge in [-0.25, -0.2) is 0 Å². The van der Waals surface area contributed by atoms with Crippen LogP contribution in [0, 0.1) is 0 Å². The maximum Gasteiger partial charge on any atom is 0.203 e. The molecule has 1 N–H and O–H groups in total. The number of rotatable bonds is 5. The predicted molar refractivity (Wildman–Crippen MR) is 128 cm³/mol. The molecule has 7 heteroatoms. The van der Waals surface area contributed by atoms with Gasteiger partial charge in [0.25, 0.3) is 0 Å². The SMILES string of the molecule is CN[C@@H]1CCc2cc(OC)c(OC)c(OC)c2-c2ccc(N3CCN(C)CC3)c(=O)cc21. The molecule has 2 aromatic carbocycles.